The largest absolute Gasteiger partial charge is 0.496 e. The van der Waals surface area contributed by atoms with Gasteiger partial charge in [0.25, 0.3) is 5.91 Å². The number of carbonyl (C=O) groups excluding carboxylic acids is 2. The first kappa shape index (κ1) is 23.9. The van der Waals surface area contributed by atoms with Crippen LogP contribution in [0, 0.1) is 6.92 Å². The summed E-state index contributed by atoms with van der Waals surface area (Å²) in [7, 11) is 1.52. The molecule has 4 rings (SSSR count). The summed E-state index contributed by atoms with van der Waals surface area (Å²) in [6, 6.07) is 10.5. The molecule has 0 spiro atoms. The van der Waals surface area contributed by atoms with Crippen molar-refractivity contribution in [2.24, 2.45) is 0 Å². The number of thioether (sulfide) groups is 1. The third-order valence-electron chi connectivity index (χ3n) is 6.41. The van der Waals surface area contributed by atoms with Gasteiger partial charge in [0.2, 0.25) is 5.91 Å². The van der Waals surface area contributed by atoms with E-state index in [-0.39, 0.29) is 11.8 Å². The molecule has 2 aliphatic heterocycles. The Morgan fingerprint density at radius 2 is 1.97 bits per heavy atom. The van der Waals surface area contributed by atoms with Gasteiger partial charge in [0.05, 0.1) is 12.7 Å². The monoisotopic (exact) mass is 487 g/mol. The number of benzene rings is 2. The van der Waals surface area contributed by atoms with Crippen molar-refractivity contribution in [3.05, 3.63) is 58.1 Å². The number of hydrogen-bond donors (Lipinski definition) is 1. The molecule has 8 heteroatoms. The molecule has 1 unspecified atom stereocenters. The predicted octanol–water partition coefficient (Wildman–Crippen LogP) is 4.45. The van der Waals surface area contributed by atoms with Crippen LogP contribution in [0.5, 0.6) is 5.75 Å². The summed E-state index contributed by atoms with van der Waals surface area (Å²) in [5, 5.41) is 3.55. The first-order chi connectivity index (χ1) is 16.0. The van der Waals surface area contributed by atoms with Gasteiger partial charge in [0.1, 0.15) is 11.8 Å². The van der Waals surface area contributed by atoms with Gasteiger partial charge in [0.15, 0.2) is 0 Å². The number of methoxy groups -OCH3 is 1. The Morgan fingerprint density at radius 1 is 1.18 bits per heavy atom. The summed E-state index contributed by atoms with van der Waals surface area (Å²) >= 11 is 8.12. The Bertz CT molecular complexity index is 1030. The number of halogens is 1. The van der Waals surface area contributed by atoms with Gasteiger partial charge in [0, 0.05) is 48.4 Å². The standard InChI is InChI=1S/C25H30ClN3O3S/c1-17-18(16-28-11-13-33-14-12-28)5-3-6-21(17)27-24(30)22-7-4-10-29(22)25(31)20-15-19(26)8-9-23(20)32-2/h3,5-6,8-9,15,22H,4,7,10-14,16H2,1-2H3,(H,27,30). The number of hydrogen-bond acceptors (Lipinski definition) is 5. The van der Waals surface area contributed by atoms with E-state index in [2.05, 4.69) is 23.2 Å². The van der Waals surface area contributed by atoms with E-state index >= 15 is 0 Å². The van der Waals surface area contributed by atoms with Crippen LogP contribution < -0.4 is 10.1 Å². The summed E-state index contributed by atoms with van der Waals surface area (Å²) in [5.74, 6) is 2.39. The lowest BCUT2D eigenvalue weighted by molar-refractivity contribution is -0.119. The molecular weight excluding hydrogens is 458 g/mol. The van der Waals surface area contributed by atoms with Gasteiger partial charge < -0.3 is 15.0 Å². The summed E-state index contributed by atoms with van der Waals surface area (Å²) in [5.41, 5.74) is 3.49. The van der Waals surface area contributed by atoms with Gasteiger partial charge in [-0.15, -0.1) is 0 Å². The summed E-state index contributed by atoms with van der Waals surface area (Å²) in [6.45, 7) is 5.65. The van der Waals surface area contributed by atoms with E-state index in [0.717, 1.165) is 37.3 Å². The maximum absolute atomic E-state index is 13.3. The van der Waals surface area contributed by atoms with Gasteiger partial charge in [-0.1, -0.05) is 23.7 Å². The summed E-state index contributed by atoms with van der Waals surface area (Å²) in [4.78, 5) is 30.6. The molecule has 6 nitrogen and oxygen atoms in total. The second kappa shape index (κ2) is 10.8. The molecule has 2 fully saturated rings. The lowest BCUT2D eigenvalue weighted by atomic mass is 10.1. The number of nitrogens with zero attached hydrogens (tertiary/aromatic N) is 2. The molecule has 0 saturated carbocycles. The molecule has 2 saturated heterocycles. The first-order valence-corrected chi connectivity index (χ1v) is 12.8. The van der Waals surface area contributed by atoms with Crippen LogP contribution in [0.4, 0.5) is 5.69 Å². The fourth-order valence-electron chi connectivity index (χ4n) is 4.49. The molecule has 2 aliphatic rings. The molecule has 0 aliphatic carbocycles. The maximum atomic E-state index is 13.3. The molecule has 0 radical (unpaired) electrons. The average molecular weight is 488 g/mol. The second-order valence-electron chi connectivity index (χ2n) is 8.47. The van der Waals surface area contributed by atoms with E-state index in [4.69, 9.17) is 16.3 Å². The number of anilines is 1. The number of ether oxygens (including phenoxy) is 1. The number of amides is 2. The molecule has 1 atom stereocenters. The second-order valence-corrected chi connectivity index (χ2v) is 10.1. The number of carbonyl (C=O) groups is 2. The predicted molar refractivity (Wildman–Crippen MR) is 134 cm³/mol. The molecule has 2 amide bonds. The first-order valence-electron chi connectivity index (χ1n) is 11.3. The zero-order valence-corrected chi connectivity index (χ0v) is 20.7. The molecule has 2 aromatic rings. The fraction of sp³-hybridized carbons (Fsp3) is 0.440. The third-order valence-corrected chi connectivity index (χ3v) is 7.59. The van der Waals surface area contributed by atoms with E-state index in [0.29, 0.717) is 29.3 Å². The fourth-order valence-corrected chi connectivity index (χ4v) is 5.64. The molecule has 33 heavy (non-hydrogen) atoms. The minimum atomic E-state index is -0.525. The highest BCUT2D eigenvalue weighted by molar-refractivity contribution is 7.99. The zero-order valence-electron chi connectivity index (χ0n) is 19.1. The Kier molecular flexibility index (Phi) is 7.83. The molecule has 0 aromatic heterocycles. The quantitative estimate of drug-likeness (QED) is 0.652. The SMILES string of the molecule is COc1ccc(Cl)cc1C(=O)N1CCCC1C(=O)Nc1cccc(CN2CCSCC2)c1C. The van der Waals surface area contributed by atoms with Crippen LogP contribution in [0.2, 0.25) is 5.02 Å². The molecule has 0 bridgehead atoms. The molecule has 1 N–H and O–H groups in total. The van der Waals surface area contributed by atoms with Crippen molar-refractivity contribution in [3.63, 3.8) is 0 Å². The minimum Gasteiger partial charge on any atom is -0.496 e. The smallest absolute Gasteiger partial charge is 0.258 e. The van der Waals surface area contributed by atoms with Gasteiger partial charge >= 0.3 is 0 Å². The van der Waals surface area contributed by atoms with Crippen molar-refractivity contribution in [1.29, 1.82) is 0 Å². The lowest BCUT2D eigenvalue weighted by Gasteiger charge is -2.27. The normalized spacial score (nSPS) is 18.9. The van der Waals surface area contributed by atoms with E-state index in [1.54, 1.807) is 23.1 Å². The molecule has 2 heterocycles. The maximum Gasteiger partial charge on any atom is 0.258 e. The molecular formula is C25H30ClN3O3S. The van der Waals surface area contributed by atoms with Crippen LogP contribution in [0.3, 0.4) is 0 Å². The van der Waals surface area contributed by atoms with Crippen LogP contribution in [0.25, 0.3) is 0 Å². The Hall–Kier alpha value is -2.22. The Balaban J connectivity index is 1.48. The summed E-state index contributed by atoms with van der Waals surface area (Å²) in [6.07, 6.45) is 1.41. The van der Waals surface area contributed by atoms with Gasteiger partial charge in [-0.3, -0.25) is 14.5 Å². The van der Waals surface area contributed by atoms with Crippen molar-refractivity contribution >= 4 is 40.9 Å². The third kappa shape index (κ3) is 5.48. The van der Waals surface area contributed by atoms with E-state index < -0.39 is 6.04 Å². The molecule has 176 valence electrons. The van der Waals surface area contributed by atoms with Gasteiger partial charge in [-0.25, -0.2) is 0 Å². The topological polar surface area (TPSA) is 61.9 Å². The summed E-state index contributed by atoms with van der Waals surface area (Å²) < 4.78 is 5.35. The highest BCUT2D eigenvalue weighted by Gasteiger charge is 2.36. The van der Waals surface area contributed by atoms with Crippen LogP contribution in [0.1, 0.15) is 34.3 Å². The highest BCUT2D eigenvalue weighted by Crippen LogP contribution is 2.29. The van der Waals surface area contributed by atoms with Crippen LogP contribution in [-0.4, -0.2) is 65.9 Å². The van der Waals surface area contributed by atoms with E-state index in [1.807, 2.05) is 23.9 Å². The van der Waals surface area contributed by atoms with E-state index in [1.165, 1.54) is 24.2 Å². The highest BCUT2D eigenvalue weighted by atomic mass is 35.5. The van der Waals surface area contributed by atoms with Crippen molar-refractivity contribution in [3.8, 4) is 5.75 Å². The lowest BCUT2D eigenvalue weighted by Crippen LogP contribution is -2.43. The number of rotatable bonds is 6. The number of nitrogens with one attached hydrogen (secondary N) is 1. The van der Waals surface area contributed by atoms with Crippen LogP contribution in [0.15, 0.2) is 36.4 Å². The molecule has 2 aromatic carbocycles. The number of likely N-dealkylation sites (tertiary alicyclic amines) is 1. The Morgan fingerprint density at radius 3 is 2.73 bits per heavy atom. The zero-order chi connectivity index (χ0) is 23.4. The van der Waals surface area contributed by atoms with Crippen molar-refractivity contribution < 1.29 is 14.3 Å². The van der Waals surface area contributed by atoms with Crippen molar-refractivity contribution in [1.82, 2.24) is 9.80 Å². The van der Waals surface area contributed by atoms with Crippen molar-refractivity contribution in [2.45, 2.75) is 32.4 Å². The van der Waals surface area contributed by atoms with Gasteiger partial charge in [-0.05, 0) is 55.2 Å². The van der Waals surface area contributed by atoms with Gasteiger partial charge in [-0.2, -0.15) is 11.8 Å². The Labute approximate surface area is 204 Å². The van der Waals surface area contributed by atoms with Crippen LogP contribution in [-0.2, 0) is 11.3 Å². The minimum absolute atomic E-state index is 0.156. The van der Waals surface area contributed by atoms with E-state index in [9.17, 15) is 9.59 Å². The van der Waals surface area contributed by atoms with Crippen molar-refractivity contribution in [2.75, 3.05) is 43.6 Å². The van der Waals surface area contributed by atoms with Crippen LogP contribution >= 0.6 is 23.4 Å². The average Bonchev–Trinajstić information content (AvgIpc) is 3.32.